The molecular weight excluding hydrogens is 240 g/mol. The molecule has 1 rings (SSSR count). The van der Waals surface area contributed by atoms with Gasteiger partial charge in [0.1, 0.15) is 0 Å². The van der Waals surface area contributed by atoms with Gasteiger partial charge in [-0.1, -0.05) is 0 Å². The van der Waals surface area contributed by atoms with Crippen LogP contribution in [0.5, 0.6) is 0 Å². The molecule has 1 heterocycles. The number of anilines is 1. The molecule has 6 heteroatoms. The minimum absolute atomic E-state index is 0.230. The largest absolute Gasteiger partial charge is 0.464 e. The van der Waals surface area contributed by atoms with Gasteiger partial charge in [-0.3, -0.25) is 0 Å². The zero-order valence-electron chi connectivity index (χ0n) is 10.8. The summed E-state index contributed by atoms with van der Waals surface area (Å²) >= 11 is 1.43. The van der Waals surface area contributed by atoms with Crippen molar-refractivity contribution in [3.63, 3.8) is 0 Å². The second-order valence-electron chi connectivity index (χ2n) is 4.36. The minimum atomic E-state index is -0.406. The second kappa shape index (κ2) is 5.46. The van der Waals surface area contributed by atoms with Crippen molar-refractivity contribution in [2.45, 2.75) is 26.3 Å². The van der Waals surface area contributed by atoms with E-state index in [1.807, 2.05) is 20.8 Å². The van der Waals surface area contributed by atoms with Gasteiger partial charge in [-0.25, -0.2) is 9.78 Å². The van der Waals surface area contributed by atoms with Gasteiger partial charge in [0.25, 0.3) is 0 Å². The number of esters is 1. The quantitative estimate of drug-likeness (QED) is 0.819. The minimum Gasteiger partial charge on any atom is -0.464 e. The van der Waals surface area contributed by atoms with Gasteiger partial charge < -0.3 is 14.8 Å². The Kier molecular flexibility index (Phi) is 4.47. The van der Waals surface area contributed by atoms with Crippen LogP contribution in [-0.4, -0.2) is 37.3 Å². The van der Waals surface area contributed by atoms with Crippen LogP contribution in [0, 0.1) is 6.92 Å². The van der Waals surface area contributed by atoms with Crippen LogP contribution in [0.15, 0.2) is 0 Å². The molecule has 0 aliphatic heterocycles. The van der Waals surface area contributed by atoms with Crippen LogP contribution < -0.4 is 5.32 Å². The number of ether oxygens (including phenoxy) is 2. The molecule has 0 radical (unpaired) electrons. The summed E-state index contributed by atoms with van der Waals surface area (Å²) in [5.74, 6) is -0.406. The highest BCUT2D eigenvalue weighted by molar-refractivity contribution is 7.15. The Morgan fingerprint density at radius 1 is 1.47 bits per heavy atom. The predicted octanol–water partition coefficient (Wildman–Crippen LogP) is 2.08. The van der Waals surface area contributed by atoms with Crippen molar-refractivity contribution >= 4 is 22.4 Å². The Morgan fingerprint density at radius 2 is 2.12 bits per heavy atom. The lowest BCUT2D eigenvalue weighted by Gasteiger charge is -2.24. The van der Waals surface area contributed by atoms with E-state index in [9.17, 15) is 4.79 Å². The van der Waals surface area contributed by atoms with Crippen molar-refractivity contribution in [3.05, 3.63) is 10.6 Å². The SMILES string of the molecule is COCC(C)(C)Nc1nc(C(=O)OC)c(C)s1. The van der Waals surface area contributed by atoms with Crippen molar-refractivity contribution in [1.82, 2.24) is 4.98 Å². The average Bonchev–Trinajstić information content (AvgIpc) is 2.57. The van der Waals surface area contributed by atoms with Crippen molar-refractivity contribution < 1.29 is 14.3 Å². The number of nitrogens with zero attached hydrogens (tertiary/aromatic N) is 1. The first-order valence-electron chi connectivity index (χ1n) is 5.22. The molecule has 0 saturated heterocycles. The molecule has 0 unspecified atom stereocenters. The Bertz CT molecular complexity index is 401. The molecule has 0 saturated carbocycles. The van der Waals surface area contributed by atoms with Crippen LogP contribution >= 0.6 is 11.3 Å². The number of methoxy groups -OCH3 is 2. The number of aryl methyl sites for hydroxylation is 1. The van der Waals surface area contributed by atoms with E-state index in [4.69, 9.17) is 4.74 Å². The summed E-state index contributed by atoms with van der Waals surface area (Å²) in [6.45, 7) is 6.41. The number of carbonyl (C=O) groups is 1. The molecule has 1 aromatic rings. The van der Waals surface area contributed by atoms with Gasteiger partial charge in [0.05, 0.1) is 19.3 Å². The van der Waals surface area contributed by atoms with E-state index in [-0.39, 0.29) is 5.54 Å². The lowest BCUT2D eigenvalue weighted by atomic mass is 10.1. The molecule has 5 nitrogen and oxygen atoms in total. The first kappa shape index (κ1) is 13.9. The number of aromatic nitrogens is 1. The molecule has 96 valence electrons. The third kappa shape index (κ3) is 3.67. The van der Waals surface area contributed by atoms with Crippen LogP contribution in [0.1, 0.15) is 29.2 Å². The van der Waals surface area contributed by atoms with Gasteiger partial charge in [-0.2, -0.15) is 0 Å². The zero-order chi connectivity index (χ0) is 13.1. The fourth-order valence-electron chi connectivity index (χ4n) is 1.42. The molecule has 0 spiro atoms. The molecule has 0 aliphatic carbocycles. The lowest BCUT2D eigenvalue weighted by molar-refractivity contribution is 0.0594. The average molecular weight is 258 g/mol. The summed E-state index contributed by atoms with van der Waals surface area (Å²) in [7, 11) is 3.00. The van der Waals surface area contributed by atoms with Crippen molar-refractivity contribution in [2.75, 3.05) is 26.1 Å². The van der Waals surface area contributed by atoms with Crippen LogP contribution in [-0.2, 0) is 9.47 Å². The molecule has 17 heavy (non-hydrogen) atoms. The molecule has 1 aromatic heterocycles. The molecule has 0 bridgehead atoms. The van der Waals surface area contributed by atoms with Gasteiger partial charge >= 0.3 is 5.97 Å². The molecule has 1 N–H and O–H groups in total. The number of hydrogen-bond donors (Lipinski definition) is 1. The highest BCUT2D eigenvalue weighted by Crippen LogP contribution is 2.25. The normalized spacial score (nSPS) is 11.4. The predicted molar refractivity (Wildman–Crippen MR) is 67.8 cm³/mol. The standard InChI is InChI=1S/C11H18N2O3S/c1-7-8(9(14)16-5)12-10(17-7)13-11(2,3)6-15-4/h6H2,1-5H3,(H,12,13). The van der Waals surface area contributed by atoms with Gasteiger partial charge in [0, 0.05) is 12.0 Å². The highest BCUT2D eigenvalue weighted by Gasteiger charge is 2.21. The summed E-state index contributed by atoms with van der Waals surface area (Å²) in [4.78, 5) is 16.5. The molecule has 0 atom stereocenters. The number of rotatable bonds is 5. The molecular formula is C11H18N2O3S. The highest BCUT2D eigenvalue weighted by atomic mass is 32.1. The Balaban J connectivity index is 2.84. The zero-order valence-corrected chi connectivity index (χ0v) is 11.6. The number of hydrogen-bond acceptors (Lipinski definition) is 6. The van der Waals surface area contributed by atoms with Crippen molar-refractivity contribution in [2.24, 2.45) is 0 Å². The Labute approximate surface area is 105 Å². The van der Waals surface area contributed by atoms with Crippen LogP contribution in [0.25, 0.3) is 0 Å². The third-order valence-corrected chi connectivity index (χ3v) is 3.01. The third-order valence-electron chi connectivity index (χ3n) is 2.13. The number of carbonyl (C=O) groups excluding carboxylic acids is 1. The van der Waals surface area contributed by atoms with Crippen molar-refractivity contribution in [1.29, 1.82) is 0 Å². The van der Waals surface area contributed by atoms with Gasteiger partial charge in [0.15, 0.2) is 10.8 Å². The number of nitrogens with one attached hydrogen (secondary N) is 1. The summed E-state index contributed by atoms with van der Waals surface area (Å²) < 4.78 is 9.77. The van der Waals surface area contributed by atoms with E-state index in [1.54, 1.807) is 7.11 Å². The van der Waals surface area contributed by atoms with Gasteiger partial charge in [-0.15, -0.1) is 11.3 Å². The fourth-order valence-corrected chi connectivity index (χ4v) is 2.40. The maximum absolute atomic E-state index is 11.4. The number of thiazole rings is 1. The first-order valence-corrected chi connectivity index (χ1v) is 6.04. The van der Waals surface area contributed by atoms with Crippen LogP contribution in [0.4, 0.5) is 5.13 Å². The van der Waals surface area contributed by atoms with Gasteiger partial charge in [0.2, 0.25) is 0 Å². The summed E-state index contributed by atoms with van der Waals surface area (Å²) in [6, 6.07) is 0. The van der Waals surface area contributed by atoms with Gasteiger partial charge in [-0.05, 0) is 20.8 Å². The molecule has 0 aromatic carbocycles. The van der Waals surface area contributed by atoms with E-state index >= 15 is 0 Å². The lowest BCUT2D eigenvalue weighted by Crippen LogP contribution is -2.35. The van der Waals surface area contributed by atoms with E-state index in [1.165, 1.54) is 18.4 Å². The van der Waals surface area contributed by atoms with E-state index in [0.717, 1.165) is 4.88 Å². The second-order valence-corrected chi connectivity index (χ2v) is 5.56. The van der Waals surface area contributed by atoms with E-state index in [2.05, 4.69) is 15.0 Å². The van der Waals surface area contributed by atoms with E-state index < -0.39 is 5.97 Å². The van der Waals surface area contributed by atoms with Crippen LogP contribution in [0.2, 0.25) is 0 Å². The van der Waals surface area contributed by atoms with E-state index in [0.29, 0.717) is 17.4 Å². The van der Waals surface area contributed by atoms with Crippen molar-refractivity contribution in [3.8, 4) is 0 Å². The van der Waals surface area contributed by atoms with Crippen LogP contribution in [0.3, 0.4) is 0 Å². The summed E-state index contributed by atoms with van der Waals surface area (Å²) in [5.41, 5.74) is 0.139. The summed E-state index contributed by atoms with van der Waals surface area (Å²) in [5, 5.41) is 3.93. The Morgan fingerprint density at radius 3 is 2.65 bits per heavy atom. The molecule has 0 fully saturated rings. The molecule has 0 aliphatic rings. The smallest absolute Gasteiger partial charge is 0.357 e. The maximum Gasteiger partial charge on any atom is 0.357 e. The fraction of sp³-hybridized carbons (Fsp3) is 0.636. The Hall–Kier alpha value is -1.14. The maximum atomic E-state index is 11.4. The topological polar surface area (TPSA) is 60.5 Å². The monoisotopic (exact) mass is 258 g/mol. The first-order chi connectivity index (χ1) is 7.89. The summed E-state index contributed by atoms with van der Waals surface area (Å²) in [6.07, 6.45) is 0. The molecule has 0 amide bonds.